The summed E-state index contributed by atoms with van der Waals surface area (Å²) in [5, 5.41) is 15.4. The van der Waals surface area contributed by atoms with Gasteiger partial charge in [0.25, 0.3) is 0 Å². The molecule has 0 aliphatic carbocycles. The molecule has 0 unspecified atom stereocenters. The van der Waals surface area contributed by atoms with Crippen LogP contribution in [-0.4, -0.2) is 34.7 Å². The topological polar surface area (TPSA) is 93.8 Å². The fraction of sp³-hybridized carbons (Fsp3) is 0.429. The van der Waals surface area contributed by atoms with Crippen molar-refractivity contribution < 1.29 is 23.7 Å². The number of hydrogen-bond donors (Lipinski definition) is 2. The van der Waals surface area contributed by atoms with E-state index in [1.165, 1.54) is 0 Å². The fourth-order valence-electron chi connectivity index (χ4n) is 2.33. The lowest BCUT2D eigenvalue weighted by atomic mass is 9.78. The van der Waals surface area contributed by atoms with Crippen LogP contribution in [-0.2, 0) is 9.31 Å². The molecule has 0 saturated carbocycles. The van der Waals surface area contributed by atoms with E-state index < -0.39 is 24.4 Å². The molecule has 1 saturated heterocycles. The highest BCUT2D eigenvalue weighted by molar-refractivity contribution is 6.64. The molecule has 3 rings (SSSR count). The Labute approximate surface area is 127 Å². The Bertz CT molecular complexity index is 724. The standard InChI is InChI=1S/C14H17BN2O5/c1-13(2)14(3,4)22-15(21-13)9-7-5-6-8-10(9)20-17-11(8)16-12(18)19/h5-7H,1-4H3,(H,16,17)(H,18,19). The van der Waals surface area contributed by atoms with E-state index in [0.717, 1.165) is 0 Å². The summed E-state index contributed by atoms with van der Waals surface area (Å²) in [4.78, 5) is 10.8. The smallest absolute Gasteiger partial charge is 0.465 e. The number of carbonyl (C=O) groups is 1. The van der Waals surface area contributed by atoms with E-state index in [2.05, 4.69) is 10.5 Å². The molecule has 0 radical (unpaired) electrons. The molecule has 116 valence electrons. The Balaban J connectivity index is 2.03. The summed E-state index contributed by atoms with van der Waals surface area (Å²) in [5.74, 6) is 0.154. The van der Waals surface area contributed by atoms with Crippen molar-refractivity contribution in [2.75, 3.05) is 5.32 Å². The van der Waals surface area contributed by atoms with Gasteiger partial charge in [-0.25, -0.2) is 4.79 Å². The third-order valence-corrected chi connectivity index (χ3v) is 4.26. The van der Waals surface area contributed by atoms with Crippen molar-refractivity contribution in [3.05, 3.63) is 18.2 Å². The Morgan fingerprint density at radius 1 is 1.23 bits per heavy atom. The van der Waals surface area contributed by atoms with Gasteiger partial charge in [-0.1, -0.05) is 17.3 Å². The van der Waals surface area contributed by atoms with Gasteiger partial charge in [0.15, 0.2) is 11.4 Å². The van der Waals surface area contributed by atoms with Crippen LogP contribution in [0.5, 0.6) is 0 Å². The molecular formula is C14H17BN2O5. The molecule has 2 heterocycles. The van der Waals surface area contributed by atoms with Crippen molar-refractivity contribution >= 4 is 35.5 Å². The molecule has 22 heavy (non-hydrogen) atoms. The van der Waals surface area contributed by atoms with Crippen molar-refractivity contribution in [1.82, 2.24) is 5.16 Å². The first-order chi connectivity index (χ1) is 10.2. The maximum Gasteiger partial charge on any atom is 0.498 e. The van der Waals surface area contributed by atoms with Gasteiger partial charge in [-0.05, 0) is 33.8 Å². The van der Waals surface area contributed by atoms with E-state index in [-0.39, 0.29) is 5.82 Å². The van der Waals surface area contributed by atoms with E-state index in [4.69, 9.17) is 18.9 Å². The number of fused-ring (bicyclic) bond motifs is 1. The molecule has 7 nitrogen and oxygen atoms in total. The minimum atomic E-state index is -1.20. The van der Waals surface area contributed by atoms with Crippen molar-refractivity contribution in [3.8, 4) is 0 Å². The van der Waals surface area contributed by atoms with Gasteiger partial charge in [0.2, 0.25) is 0 Å². The minimum Gasteiger partial charge on any atom is -0.465 e. The number of carboxylic acid groups (broad SMARTS) is 1. The normalized spacial score (nSPS) is 19.5. The Kier molecular flexibility index (Phi) is 3.19. The molecule has 2 aromatic rings. The lowest BCUT2D eigenvalue weighted by Crippen LogP contribution is -2.41. The van der Waals surface area contributed by atoms with Crippen LogP contribution in [0.25, 0.3) is 11.0 Å². The zero-order valence-corrected chi connectivity index (χ0v) is 12.8. The molecule has 1 aliphatic rings. The predicted octanol–water partition coefficient (Wildman–Crippen LogP) is 2.22. The van der Waals surface area contributed by atoms with E-state index in [9.17, 15) is 4.79 Å². The second-order valence-electron chi connectivity index (χ2n) is 6.27. The molecule has 1 fully saturated rings. The van der Waals surface area contributed by atoms with E-state index in [0.29, 0.717) is 16.4 Å². The third-order valence-electron chi connectivity index (χ3n) is 4.26. The van der Waals surface area contributed by atoms with Gasteiger partial charge in [-0.15, -0.1) is 0 Å². The number of aromatic nitrogens is 1. The molecule has 1 aliphatic heterocycles. The molecule has 0 bridgehead atoms. The highest BCUT2D eigenvalue weighted by Crippen LogP contribution is 2.37. The minimum absolute atomic E-state index is 0.154. The fourth-order valence-corrected chi connectivity index (χ4v) is 2.33. The first kappa shape index (κ1) is 14.9. The average Bonchev–Trinajstić information content (AvgIpc) is 2.88. The number of amides is 1. The number of rotatable bonds is 2. The van der Waals surface area contributed by atoms with Crippen molar-refractivity contribution in [1.29, 1.82) is 0 Å². The van der Waals surface area contributed by atoms with Crippen LogP contribution < -0.4 is 10.8 Å². The summed E-state index contributed by atoms with van der Waals surface area (Å²) in [7, 11) is -0.598. The Hall–Kier alpha value is -2.06. The molecular weight excluding hydrogens is 287 g/mol. The summed E-state index contributed by atoms with van der Waals surface area (Å²) in [6.07, 6.45) is -1.20. The van der Waals surface area contributed by atoms with Crippen LogP contribution in [0.4, 0.5) is 10.6 Å². The molecule has 2 N–H and O–H groups in total. The molecule has 0 spiro atoms. The zero-order chi connectivity index (χ0) is 16.1. The quantitative estimate of drug-likeness (QED) is 0.826. The van der Waals surface area contributed by atoms with Gasteiger partial charge in [-0.2, -0.15) is 0 Å². The molecule has 0 atom stereocenters. The second-order valence-corrected chi connectivity index (χ2v) is 6.27. The highest BCUT2D eigenvalue weighted by atomic mass is 16.7. The SMILES string of the molecule is CC1(C)OB(c2cccc3c(NC(=O)O)noc23)OC1(C)C. The molecule has 8 heteroatoms. The zero-order valence-electron chi connectivity index (χ0n) is 12.8. The molecule has 1 amide bonds. The number of nitrogens with one attached hydrogen (secondary N) is 1. The number of nitrogens with zero attached hydrogens (tertiary/aromatic N) is 1. The van der Waals surface area contributed by atoms with Crippen molar-refractivity contribution in [2.24, 2.45) is 0 Å². The average molecular weight is 304 g/mol. The summed E-state index contributed by atoms with van der Waals surface area (Å²) in [5.41, 5.74) is 0.191. The largest absolute Gasteiger partial charge is 0.498 e. The first-order valence-corrected chi connectivity index (χ1v) is 6.95. The predicted molar refractivity (Wildman–Crippen MR) is 81.4 cm³/mol. The first-order valence-electron chi connectivity index (χ1n) is 6.95. The lowest BCUT2D eigenvalue weighted by Gasteiger charge is -2.32. The van der Waals surface area contributed by atoms with E-state index in [1.807, 2.05) is 33.8 Å². The number of benzene rings is 1. The monoisotopic (exact) mass is 304 g/mol. The maximum atomic E-state index is 10.8. The van der Waals surface area contributed by atoms with Gasteiger partial charge in [-0.3, -0.25) is 5.32 Å². The maximum absolute atomic E-state index is 10.8. The Morgan fingerprint density at radius 2 is 1.86 bits per heavy atom. The van der Waals surface area contributed by atoms with Crippen LogP contribution in [0.1, 0.15) is 27.7 Å². The molecule has 1 aromatic carbocycles. The summed E-state index contributed by atoms with van der Waals surface area (Å²) in [6.45, 7) is 7.85. The van der Waals surface area contributed by atoms with Gasteiger partial charge in [0.05, 0.1) is 16.6 Å². The van der Waals surface area contributed by atoms with Gasteiger partial charge in [0.1, 0.15) is 0 Å². The van der Waals surface area contributed by atoms with Gasteiger partial charge in [0, 0.05) is 5.46 Å². The third kappa shape index (κ3) is 2.24. The van der Waals surface area contributed by atoms with Crippen LogP contribution in [0.2, 0.25) is 0 Å². The van der Waals surface area contributed by atoms with Gasteiger partial charge < -0.3 is 18.9 Å². The summed E-state index contributed by atoms with van der Waals surface area (Å²) >= 11 is 0. The highest BCUT2D eigenvalue weighted by Gasteiger charge is 2.52. The summed E-state index contributed by atoms with van der Waals surface area (Å²) < 4.78 is 17.3. The van der Waals surface area contributed by atoms with Crippen LogP contribution in [0.3, 0.4) is 0 Å². The number of hydrogen-bond acceptors (Lipinski definition) is 5. The van der Waals surface area contributed by atoms with Gasteiger partial charge >= 0.3 is 13.2 Å². The van der Waals surface area contributed by atoms with Crippen molar-refractivity contribution in [3.63, 3.8) is 0 Å². The van der Waals surface area contributed by atoms with Crippen LogP contribution >= 0.6 is 0 Å². The van der Waals surface area contributed by atoms with Crippen molar-refractivity contribution in [2.45, 2.75) is 38.9 Å². The van der Waals surface area contributed by atoms with Crippen LogP contribution in [0, 0.1) is 0 Å². The lowest BCUT2D eigenvalue weighted by molar-refractivity contribution is 0.00578. The Morgan fingerprint density at radius 3 is 2.45 bits per heavy atom. The number of para-hydroxylation sites is 1. The van der Waals surface area contributed by atoms with E-state index >= 15 is 0 Å². The second kappa shape index (κ2) is 4.72. The summed E-state index contributed by atoms with van der Waals surface area (Å²) in [6, 6.07) is 5.33. The van der Waals surface area contributed by atoms with Crippen LogP contribution in [0.15, 0.2) is 22.7 Å². The molecule has 1 aromatic heterocycles. The number of anilines is 1. The van der Waals surface area contributed by atoms with E-state index in [1.54, 1.807) is 12.1 Å².